The van der Waals surface area contributed by atoms with Crippen LogP contribution in [0.25, 0.3) is 0 Å². The number of rotatable bonds is 6. The van der Waals surface area contributed by atoms with Gasteiger partial charge in [0.25, 0.3) is 0 Å². The van der Waals surface area contributed by atoms with Gasteiger partial charge in [-0.15, -0.1) is 0 Å². The SMILES string of the molecule is CNC(CO)(COc1ccc(C)cc1C)C1CC1. The molecule has 0 radical (unpaired) electrons. The second-order valence-electron chi connectivity index (χ2n) is 5.40. The van der Waals surface area contributed by atoms with Gasteiger partial charge in [-0.1, -0.05) is 17.7 Å². The summed E-state index contributed by atoms with van der Waals surface area (Å²) in [6.45, 7) is 4.78. The summed E-state index contributed by atoms with van der Waals surface area (Å²) in [6, 6.07) is 6.18. The first-order valence-corrected chi connectivity index (χ1v) is 6.61. The summed E-state index contributed by atoms with van der Waals surface area (Å²) in [4.78, 5) is 0. The van der Waals surface area contributed by atoms with Gasteiger partial charge in [-0.2, -0.15) is 0 Å². The summed E-state index contributed by atoms with van der Waals surface area (Å²) < 4.78 is 5.92. The number of aliphatic hydroxyl groups is 1. The van der Waals surface area contributed by atoms with Crippen molar-refractivity contribution in [3.05, 3.63) is 29.3 Å². The van der Waals surface area contributed by atoms with Gasteiger partial charge in [0.1, 0.15) is 12.4 Å². The smallest absolute Gasteiger partial charge is 0.122 e. The molecule has 2 N–H and O–H groups in total. The molecule has 1 saturated carbocycles. The summed E-state index contributed by atoms with van der Waals surface area (Å²) in [7, 11) is 1.90. The molecular formula is C15H23NO2. The monoisotopic (exact) mass is 249 g/mol. The molecule has 1 aliphatic rings. The fraction of sp³-hybridized carbons (Fsp3) is 0.600. The molecule has 100 valence electrons. The second kappa shape index (κ2) is 5.29. The Balaban J connectivity index is 2.05. The minimum atomic E-state index is -0.280. The molecule has 1 aromatic carbocycles. The van der Waals surface area contributed by atoms with Gasteiger partial charge < -0.3 is 15.2 Å². The van der Waals surface area contributed by atoms with Crippen LogP contribution in [0.1, 0.15) is 24.0 Å². The summed E-state index contributed by atoms with van der Waals surface area (Å²) in [6.07, 6.45) is 2.36. The van der Waals surface area contributed by atoms with E-state index >= 15 is 0 Å². The molecule has 0 aliphatic heterocycles. The lowest BCUT2D eigenvalue weighted by Crippen LogP contribution is -2.53. The number of ether oxygens (including phenoxy) is 1. The molecular weight excluding hydrogens is 226 g/mol. The third-order valence-corrected chi connectivity index (χ3v) is 3.95. The lowest BCUT2D eigenvalue weighted by atomic mass is 9.95. The normalized spacial score (nSPS) is 18.4. The highest BCUT2D eigenvalue weighted by Crippen LogP contribution is 2.39. The number of hydrogen-bond donors (Lipinski definition) is 2. The van der Waals surface area contributed by atoms with Gasteiger partial charge in [-0.05, 0) is 51.3 Å². The molecule has 18 heavy (non-hydrogen) atoms. The quantitative estimate of drug-likeness (QED) is 0.810. The molecule has 3 heteroatoms. The molecule has 0 aromatic heterocycles. The maximum absolute atomic E-state index is 9.64. The summed E-state index contributed by atoms with van der Waals surface area (Å²) in [5.74, 6) is 1.45. The first-order valence-electron chi connectivity index (χ1n) is 6.61. The number of hydrogen-bond acceptors (Lipinski definition) is 3. The molecule has 0 bridgehead atoms. The Morgan fingerprint density at radius 1 is 1.39 bits per heavy atom. The molecule has 3 nitrogen and oxygen atoms in total. The molecule has 2 rings (SSSR count). The van der Waals surface area contributed by atoms with E-state index < -0.39 is 0 Å². The Hall–Kier alpha value is -1.06. The van der Waals surface area contributed by atoms with Gasteiger partial charge in [0.2, 0.25) is 0 Å². The average Bonchev–Trinajstić information content (AvgIpc) is 3.18. The highest BCUT2D eigenvalue weighted by Gasteiger charge is 2.44. The first kappa shape index (κ1) is 13.4. The number of aliphatic hydroxyl groups excluding tert-OH is 1. The standard InChI is InChI=1S/C15H23NO2/c1-11-4-7-14(12(2)8-11)18-10-15(9-17,16-3)13-5-6-13/h4,7-8,13,16-17H,5-6,9-10H2,1-3H3. The van der Waals surface area contributed by atoms with Crippen LogP contribution >= 0.6 is 0 Å². The van der Waals surface area contributed by atoms with Gasteiger partial charge in [-0.25, -0.2) is 0 Å². The minimum Gasteiger partial charge on any atom is -0.491 e. The summed E-state index contributed by atoms with van der Waals surface area (Å²) in [5, 5.41) is 12.9. The van der Waals surface area contributed by atoms with E-state index in [1.807, 2.05) is 13.1 Å². The van der Waals surface area contributed by atoms with Crippen LogP contribution in [0, 0.1) is 19.8 Å². The van der Waals surface area contributed by atoms with Crippen molar-refractivity contribution in [2.75, 3.05) is 20.3 Å². The van der Waals surface area contributed by atoms with Crippen LogP contribution in [0.5, 0.6) is 5.75 Å². The fourth-order valence-corrected chi connectivity index (χ4v) is 2.45. The third kappa shape index (κ3) is 2.68. The van der Waals surface area contributed by atoms with Gasteiger partial charge in [0.05, 0.1) is 12.1 Å². The van der Waals surface area contributed by atoms with E-state index in [-0.39, 0.29) is 12.1 Å². The van der Waals surface area contributed by atoms with E-state index in [4.69, 9.17) is 4.74 Å². The zero-order valence-electron chi connectivity index (χ0n) is 11.5. The molecule has 1 aliphatic carbocycles. The van der Waals surface area contributed by atoms with Crippen molar-refractivity contribution in [3.63, 3.8) is 0 Å². The van der Waals surface area contributed by atoms with E-state index in [1.54, 1.807) is 0 Å². The molecule has 0 amide bonds. The third-order valence-electron chi connectivity index (χ3n) is 3.95. The average molecular weight is 249 g/mol. The van der Waals surface area contributed by atoms with Crippen LogP contribution in [-0.2, 0) is 0 Å². The predicted molar refractivity (Wildman–Crippen MR) is 73.0 cm³/mol. The summed E-state index contributed by atoms with van der Waals surface area (Å²) >= 11 is 0. The second-order valence-corrected chi connectivity index (χ2v) is 5.40. The van der Waals surface area contributed by atoms with Crippen molar-refractivity contribution in [2.24, 2.45) is 5.92 Å². The molecule has 1 unspecified atom stereocenters. The predicted octanol–water partition coefficient (Wildman–Crippen LogP) is 2.04. The fourth-order valence-electron chi connectivity index (χ4n) is 2.45. The molecule has 1 atom stereocenters. The molecule has 0 saturated heterocycles. The lowest BCUT2D eigenvalue weighted by Gasteiger charge is -2.31. The van der Waals surface area contributed by atoms with E-state index in [0.29, 0.717) is 12.5 Å². The van der Waals surface area contributed by atoms with E-state index in [0.717, 1.165) is 11.3 Å². The van der Waals surface area contributed by atoms with E-state index in [2.05, 4.69) is 31.3 Å². The maximum Gasteiger partial charge on any atom is 0.122 e. The summed E-state index contributed by atoms with van der Waals surface area (Å²) in [5.41, 5.74) is 2.11. The zero-order chi connectivity index (χ0) is 13.2. The highest BCUT2D eigenvalue weighted by atomic mass is 16.5. The molecule has 0 heterocycles. The number of likely N-dealkylation sites (N-methyl/N-ethyl adjacent to an activating group) is 1. The van der Waals surface area contributed by atoms with Crippen LogP contribution in [0.2, 0.25) is 0 Å². The largest absolute Gasteiger partial charge is 0.491 e. The Labute approximate surface area is 109 Å². The zero-order valence-corrected chi connectivity index (χ0v) is 11.5. The lowest BCUT2D eigenvalue weighted by molar-refractivity contribution is 0.0911. The maximum atomic E-state index is 9.64. The van der Waals surface area contributed by atoms with Crippen molar-refractivity contribution in [1.82, 2.24) is 5.32 Å². The van der Waals surface area contributed by atoms with Gasteiger partial charge >= 0.3 is 0 Å². The van der Waals surface area contributed by atoms with Crippen LogP contribution in [0.3, 0.4) is 0 Å². The minimum absolute atomic E-state index is 0.124. The Morgan fingerprint density at radius 3 is 2.61 bits per heavy atom. The van der Waals surface area contributed by atoms with Crippen molar-refractivity contribution in [1.29, 1.82) is 0 Å². The van der Waals surface area contributed by atoms with E-state index in [1.165, 1.54) is 18.4 Å². The van der Waals surface area contributed by atoms with E-state index in [9.17, 15) is 5.11 Å². The Kier molecular flexibility index (Phi) is 3.93. The van der Waals surface area contributed by atoms with Crippen LogP contribution < -0.4 is 10.1 Å². The van der Waals surface area contributed by atoms with Crippen molar-refractivity contribution in [3.8, 4) is 5.75 Å². The first-order chi connectivity index (χ1) is 8.61. The van der Waals surface area contributed by atoms with Crippen molar-refractivity contribution < 1.29 is 9.84 Å². The number of aryl methyl sites for hydroxylation is 2. The highest BCUT2D eigenvalue weighted by molar-refractivity contribution is 5.35. The number of benzene rings is 1. The van der Waals surface area contributed by atoms with Gasteiger partial charge in [-0.3, -0.25) is 0 Å². The molecule has 1 aromatic rings. The topological polar surface area (TPSA) is 41.5 Å². The van der Waals surface area contributed by atoms with Crippen molar-refractivity contribution >= 4 is 0 Å². The molecule has 0 spiro atoms. The van der Waals surface area contributed by atoms with Crippen LogP contribution in [0.4, 0.5) is 0 Å². The molecule has 1 fully saturated rings. The van der Waals surface area contributed by atoms with Gasteiger partial charge in [0.15, 0.2) is 0 Å². The Morgan fingerprint density at radius 2 is 2.11 bits per heavy atom. The van der Waals surface area contributed by atoms with Crippen molar-refractivity contribution in [2.45, 2.75) is 32.2 Å². The van der Waals surface area contributed by atoms with Gasteiger partial charge in [0, 0.05) is 0 Å². The van der Waals surface area contributed by atoms with Crippen LogP contribution in [-0.4, -0.2) is 30.9 Å². The van der Waals surface area contributed by atoms with Crippen LogP contribution in [0.15, 0.2) is 18.2 Å². The number of nitrogens with one attached hydrogen (secondary N) is 1. The Bertz CT molecular complexity index is 409.